The van der Waals surface area contributed by atoms with Gasteiger partial charge in [0, 0.05) is 17.5 Å². The van der Waals surface area contributed by atoms with Crippen LogP contribution in [0.1, 0.15) is 119 Å². The van der Waals surface area contributed by atoms with E-state index >= 15 is 0 Å². The number of nitrogens with one attached hydrogen (secondary N) is 2. The molecule has 0 aromatic heterocycles. The lowest BCUT2D eigenvalue weighted by molar-refractivity contribution is -0.129. The lowest BCUT2D eigenvalue weighted by Gasteiger charge is -2.31. The van der Waals surface area contributed by atoms with E-state index in [-0.39, 0.29) is 28.7 Å². The highest BCUT2D eigenvalue weighted by atomic mass is 16.2. The van der Waals surface area contributed by atoms with Gasteiger partial charge in [0.25, 0.3) is 0 Å². The van der Waals surface area contributed by atoms with Crippen LogP contribution >= 0.6 is 0 Å². The molecule has 0 fully saturated rings. The third-order valence-electron chi connectivity index (χ3n) is 6.38. The Morgan fingerprint density at radius 1 is 0.844 bits per heavy atom. The van der Waals surface area contributed by atoms with Crippen molar-refractivity contribution in [1.29, 1.82) is 0 Å². The molecule has 2 unspecified atom stereocenters. The molecule has 0 heterocycles. The number of hydrogen-bond donors (Lipinski definition) is 4. The largest absolute Gasteiger partial charge is 0.355 e. The zero-order valence-corrected chi connectivity index (χ0v) is 22.0. The van der Waals surface area contributed by atoms with Gasteiger partial charge in [0.15, 0.2) is 5.78 Å². The van der Waals surface area contributed by atoms with Gasteiger partial charge in [-0.25, -0.2) is 0 Å². The summed E-state index contributed by atoms with van der Waals surface area (Å²) in [7, 11) is 0. The number of rotatable bonds is 20. The monoisotopic (exact) mass is 454 g/mol. The summed E-state index contributed by atoms with van der Waals surface area (Å²) < 4.78 is 0. The maximum atomic E-state index is 12.8. The molecule has 32 heavy (non-hydrogen) atoms. The minimum Gasteiger partial charge on any atom is -0.355 e. The van der Waals surface area contributed by atoms with Crippen LogP contribution in [0.5, 0.6) is 0 Å². The van der Waals surface area contributed by atoms with Gasteiger partial charge in [-0.3, -0.25) is 9.59 Å². The Balaban J connectivity index is 4.50. The van der Waals surface area contributed by atoms with Crippen LogP contribution in [0.15, 0.2) is 0 Å². The molecule has 0 radical (unpaired) electrons. The van der Waals surface area contributed by atoms with Crippen LogP contribution < -0.4 is 22.1 Å². The number of hydrogen-bond acceptors (Lipinski definition) is 5. The molecule has 0 saturated heterocycles. The van der Waals surface area contributed by atoms with Gasteiger partial charge < -0.3 is 22.1 Å². The molecule has 0 aromatic carbocycles. The standard InChI is InChI=1S/C26H54N4O2/c1-7-9-17-25(3,4)23(31)21(28)15-12-14-20-29-24(32)22(16-11-13-19-27)30-26(5,6)18-10-8-2/h21-22,30H,7-20,27-28H2,1-6H3,(H,29,32). The number of Topliss-reactive ketones (excluding diaryl/α,β-unsaturated/α-hetero) is 1. The predicted octanol–water partition coefficient (Wildman–Crippen LogP) is 4.44. The van der Waals surface area contributed by atoms with Gasteiger partial charge in [-0.15, -0.1) is 0 Å². The fourth-order valence-electron chi connectivity index (χ4n) is 4.12. The molecule has 0 bridgehead atoms. The van der Waals surface area contributed by atoms with E-state index in [1.165, 1.54) is 0 Å². The van der Waals surface area contributed by atoms with Crippen LogP contribution in [0, 0.1) is 5.41 Å². The van der Waals surface area contributed by atoms with Crippen LogP contribution in [0.2, 0.25) is 0 Å². The van der Waals surface area contributed by atoms with E-state index in [1.54, 1.807) is 0 Å². The zero-order chi connectivity index (χ0) is 24.6. The molecule has 0 aromatic rings. The maximum Gasteiger partial charge on any atom is 0.237 e. The first-order chi connectivity index (χ1) is 15.0. The zero-order valence-electron chi connectivity index (χ0n) is 22.0. The van der Waals surface area contributed by atoms with E-state index in [1.807, 2.05) is 13.8 Å². The van der Waals surface area contributed by atoms with E-state index in [2.05, 4.69) is 38.3 Å². The Morgan fingerprint density at radius 2 is 1.44 bits per heavy atom. The lowest BCUT2D eigenvalue weighted by atomic mass is 9.79. The van der Waals surface area contributed by atoms with Crippen molar-refractivity contribution in [2.75, 3.05) is 13.1 Å². The van der Waals surface area contributed by atoms with Crippen LogP contribution in [0.4, 0.5) is 0 Å². The maximum absolute atomic E-state index is 12.8. The van der Waals surface area contributed by atoms with Gasteiger partial charge in [0.2, 0.25) is 5.91 Å². The SMILES string of the molecule is CCCCC(C)(C)NC(CCCCN)C(=O)NCCCCC(N)C(=O)C(C)(C)CCCC. The van der Waals surface area contributed by atoms with Crippen molar-refractivity contribution in [3.63, 3.8) is 0 Å². The molecule has 0 aliphatic carbocycles. The second-order valence-corrected chi connectivity index (χ2v) is 10.7. The van der Waals surface area contributed by atoms with E-state index in [4.69, 9.17) is 11.5 Å². The van der Waals surface area contributed by atoms with Gasteiger partial charge in [0.05, 0.1) is 12.1 Å². The smallest absolute Gasteiger partial charge is 0.237 e. The molecule has 0 spiro atoms. The van der Waals surface area contributed by atoms with Gasteiger partial charge in [-0.05, 0) is 65.3 Å². The number of amides is 1. The van der Waals surface area contributed by atoms with Crippen molar-refractivity contribution < 1.29 is 9.59 Å². The van der Waals surface area contributed by atoms with E-state index < -0.39 is 6.04 Å². The van der Waals surface area contributed by atoms with Crippen molar-refractivity contribution in [3.05, 3.63) is 0 Å². The molecule has 6 N–H and O–H groups in total. The highest BCUT2D eigenvalue weighted by molar-refractivity contribution is 5.88. The van der Waals surface area contributed by atoms with Crippen molar-refractivity contribution in [3.8, 4) is 0 Å². The molecule has 0 rings (SSSR count). The number of carbonyl (C=O) groups excluding carboxylic acids is 2. The first-order valence-corrected chi connectivity index (χ1v) is 13.1. The topological polar surface area (TPSA) is 110 Å². The van der Waals surface area contributed by atoms with Gasteiger partial charge in [-0.1, -0.05) is 59.8 Å². The first-order valence-electron chi connectivity index (χ1n) is 13.1. The predicted molar refractivity (Wildman–Crippen MR) is 137 cm³/mol. The van der Waals surface area contributed by atoms with E-state index in [0.717, 1.165) is 70.6 Å². The van der Waals surface area contributed by atoms with Crippen molar-refractivity contribution >= 4 is 11.7 Å². The molecule has 6 nitrogen and oxygen atoms in total. The van der Waals surface area contributed by atoms with Crippen molar-refractivity contribution in [2.24, 2.45) is 16.9 Å². The summed E-state index contributed by atoms with van der Waals surface area (Å²) in [5, 5.41) is 6.67. The Hall–Kier alpha value is -0.980. The fourth-order valence-corrected chi connectivity index (χ4v) is 4.12. The third kappa shape index (κ3) is 13.5. The molecular weight excluding hydrogens is 400 g/mol. The van der Waals surface area contributed by atoms with Crippen LogP contribution in [0.3, 0.4) is 0 Å². The highest BCUT2D eigenvalue weighted by Gasteiger charge is 2.31. The van der Waals surface area contributed by atoms with Crippen LogP contribution in [-0.2, 0) is 9.59 Å². The normalized spacial score (nSPS) is 14.2. The Kier molecular flexibility index (Phi) is 16.1. The van der Waals surface area contributed by atoms with Crippen molar-refractivity contribution in [2.45, 2.75) is 136 Å². The molecule has 6 heteroatoms. The third-order valence-corrected chi connectivity index (χ3v) is 6.38. The highest BCUT2D eigenvalue weighted by Crippen LogP contribution is 2.26. The molecule has 0 aliphatic rings. The second-order valence-electron chi connectivity index (χ2n) is 10.7. The van der Waals surface area contributed by atoms with Gasteiger partial charge >= 0.3 is 0 Å². The summed E-state index contributed by atoms with van der Waals surface area (Å²) >= 11 is 0. The molecule has 0 saturated carbocycles. The van der Waals surface area contributed by atoms with Crippen molar-refractivity contribution in [1.82, 2.24) is 10.6 Å². The fraction of sp³-hybridized carbons (Fsp3) is 0.923. The minimum absolute atomic E-state index is 0.0627. The average molecular weight is 455 g/mol. The number of unbranched alkanes of at least 4 members (excludes halogenated alkanes) is 4. The molecule has 2 atom stereocenters. The molecule has 0 aliphatic heterocycles. The molecule has 1 amide bonds. The number of ketones is 1. The Labute approximate surface area is 198 Å². The van der Waals surface area contributed by atoms with E-state index in [0.29, 0.717) is 19.5 Å². The summed E-state index contributed by atoms with van der Waals surface area (Å²) in [5.74, 6) is 0.223. The Bertz CT molecular complexity index is 520. The van der Waals surface area contributed by atoms with Crippen LogP contribution in [0.25, 0.3) is 0 Å². The Morgan fingerprint density at radius 3 is 2.03 bits per heavy atom. The number of carbonyl (C=O) groups is 2. The average Bonchev–Trinajstić information content (AvgIpc) is 2.74. The first kappa shape index (κ1) is 31.0. The van der Waals surface area contributed by atoms with Crippen LogP contribution in [-0.4, -0.2) is 42.4 Å². The summed E-state index contributed by atoms with van der Waals surface area (Å²) in [6.45, 7) is 14.0. The minimum atomic E-state index is -0.414. The molecular formula is C26H54N4O2. The van der Waals surface area contributed by atoms with Gasteiger partial charge in [-0.2, -0.15) is 0 Å². The molecule has 190 valence electrons. The quantitative estimate of drug-likeness (QED) is 0.203. The van der Waals surface area contributed by atoms with E-state index in [9.17, 15) is 9.59 Å². The van der Waals surface area contributed by atoms with Gasteiger partial charge in [0.1, 0.15) is 0 Å². The summed E-state index contributed by atoms with van der Waals surface area (Å²) in [5.41, 5.74) is 11.4. The second kappa shape index (κ2) is 16.6. The summed E-state index contributed by atoms with van der Waals surface area (Å²) in [6, 6.07) is -0.612. The summed E-state index contributed by atoms with van der Waals surface area (Å²) in [4.78, 5) is 25.5. The summed E-state index contributed by atoms with van der Waals surface area (Å²) in [6.07, 6.45) is 11.4. The lowest BCUT2D eigenvalue weighted by Crippen LogP contribution is -2.53. The number of nitrogens with two attached hydrogens (primary N) is 2.